The quantitative estimate of drug-likeness (QED) is 0.128. The first kappa shape index (κ1) is 27.2. The number of nitrogens with two attached hydrogens (primary N) is 1. The molecule has 7 rings (SSSR count). The number of aromatic nitrogens is 4. The van der Waals surface area contributed by atoms with Gasteiger partial charge in [0.15, 0.2) is 11.4 Å². The lowest BCUT2D eigenvalue weighted by molar-refractivity contribution is -0.148. The van der Waals surface area contributed by atoms with Crippen molar-refractivity contribution in [3.63, 3.8) is 0 Å². The molecule has 212 valence electrons. The van der Waals surface area contributed by atoms with E-state index in [0.717, 1.165) is 31.4 Å². The molecule has 8 nitrogen and oxygen atoms in total. The molecule has 2 unspecified atom stereocenters. The highest BCUT2D eigenvalue weighted by atomic mass is 127. The van der Waals surface area contributed by atoms with Gasteiger partial charge in [0.2, 0.25) is 0 Å². The SMILES string of the molecule is CC1(C)OC2C(COC(c3ccccc3)(c3ccccc3)c3ccccc3)=C[C@@H](n3nc(I)c4c(N)ncnc43)C2O1. The third kappa shape index (κ3) is 4.51. The minimum Gasteiger partial charge on any atom is -0.383 e. The predicted octanol–water partition coefficient (Wildman–Crippen LogP) is 6.02. The molecule has 1 aliphatic carbocycles. The summed E-state index contributed by atoms with van der Waals surface area (Å²) in [4.78, 5) is 8.71. The molecule has 2 aliphatic rings. The molecule has 1 aliphatic heterocycles. The number of nitrogens with zero attached hydrogens (tertiary/aromatic N) is 4. The van der Waals surface area contributed by atoms with Gasteiger partial charge in [0.1, 0.15) is 39.7 Å². The Kier molecular flexibility index (Phi) is 6.85. The van der Waals surface area contributed by atoms with Crippen LogP contribution in [-0.4, -0.2) is 44.4 Å². The number of ether oxygens (including phenoxy) is 3. The van der Waals surface area contributed by atoms with Gasteiger partial charge in [-0.25, -0.2) is 14.6 Å². The summed E-state index contributed by atoms with van der Waals surface area (Å²) in [6.45, 7) is 4.19. The van der Waals surface area contributed by atoms with E-state index in [0.29, 0.717) is 18.1 Å². The van der Waals surface area contributed by atoms with Gasteiger partial charge in [-0.3, -0.25) is 0 Å². The van der Waals surface area contributed by atoms with Crippen molar-refractivity contribution in [2.45, 2.75) is 43.5 Å². The maximum atomic E-state index is 7.16. The molecule has 0 saturated carbocycles. The van der Waals surface area contributed by atoms with Crippen LogP contribution in [0.1, 0.15) is 36.6 Å². The van der Waals surface area contributed by atoms with E-state index >= 15 is 0 Å². The molecule has 1 saturated heterocycles. The monoisotopic (exact) mass is 671 g/mol. The number of hydrogen-bond acceptors (Lipinski definition) is 7. The number of halogens is 1. The van der Waals surface area contributed by atoms with Crippen molar-refractivity contribution in [1.82, 2.24) is 19.7 Å². The van der Waals surface area contributed by atoms with Crippen LogP contribution >= 0.6 is 22.6 Å². The number of fused-ring (bicyclic) bond motifs is 2. The Morgan fingerprint density at radius 1 is 0.881 bits per heavy atom. The van der Waals surface area contributed by atoms with Gasteiger partial charge in [0.25, 0.3) is 0 Å². The summed E-state index contributed by atoms with van der Waals surface area (Å²) in [5.41, 5.74) is 10.1. The molecule has 9 heteroatoms. The Labute approximate surface area is 257 Å². The van der Waals surface area contributed by atoms with Gasteiger partial charge >= 0.3 is 0 Å². The Bertz CT molecular complexity index is 1660. The summed E-state index contributed by atoms with van der Waals surface area (Å²) in [6, 6.07) is 30.8. The zero-order chi connectivity index (χ0) is 28.9. The van der Waals surface area contributed by atoms with Crippen LogP contribution < -0.4 is 5.73 Å². The molecule has 5 aromatic rings. The standard InChI is InChI=1S/C33H30IN5O3/c1-32(2)41-27-21(18-25(28(27)42-32)39-31-26(29(34)38-39)30(35)36-20-37-31)19-40-33(22-12-6-3-7-13-22,23-14-8-4-9-15-23)24-16-10-5-11-17-24/h3-18,20,25,27-28H,19H2,1-2H3,(H2,35,36,37)/t25-,27?,28?/m1/s1. The highest BCUT2D eigenvalue weighted by molar-refractivity contribution is 14.1. The number of anilines is 1. The average molecular weight is 672 g/mol. The minimum absolute atomic E-state index is 0.268. The van der Waals surface area contributed by atoms with Crippen molar-refractivity contribution in [1.29, 1.82) is 0 Å². The second kappa shape index (κ2) is 10.6. The van der Waals surface area contributed by atoms with Gasteiger partial charge in [0, 0.05) is 0 Å². The molecule has 1 fully saturated rings. The molecule has 2 N–H and O–H groups in total. The van der Waals surface area contributed by atoms with Crippen LogP contribution in [0.5, 0.6) is 0 Å². The minimum atomic E-state index is -0.858. The lowest BCUT2D eigenvalue weighted by atomic mass is 9.80. The molecule has 3 heterocycles. The van der Waals surface area contributed by atoms with Crippen molar-refractivity contribution in [2.24, 2.45) is 0 Å². The second-order valence-corrected chi connectivity index (χ2v) is 12.0. The fourth-order valence-corrected chi connectivity index (χ4v) is 6.95. The molecule has 0 radical (unpaired) electrons. The molecule has 0 spiro atoms. The highest BCUT2D eigenvalue weighted by Crippen LogP contribution is 2.46. The fourth-order valence-electron chi connectivity index (χ4n) is 6.20. The van der Waals surface area contributed by atoms with Crippen LogP contribution in [0.2, 0.25) is 0 Å². The third-order valence-corrected chi connectivity index (χ3v) is 8.73. The molecule has 42 heavy (non-hydrogen) atoms. The van der Waals surface area contributed by atoms with Crippen LogP contribution in [0, 0.1) is 3.70 Å². The Morgan fingerprint density at radius 2 is 1.45 bits per heavy atom. The number of rotatable bonds is 7. The number of nitrogen functional groups attached to an aromatic ring is 1. The van der Waals surface area contributed by atoms with Gasteiger partial charge in [-0.05, 0) is 58.7 Å². The molecule has 3 aromatic carbocycles. The van der Waals surface area contributed by atoms with Crippen LogP contribution in [-0.2, 0) is 19.8 Å². The van der Waals surface area contributed by atoms with Crippen molar-refractivity contribution in [2.75, 3.05) is 12.3 Å². The van der Waals surface area contributed by atoms with Crippen LogP contribution in [0.4, 0.5) is 5.82 Å². The summed E-state index contributed by atoms with van der Waals surface area (Å²) >= 11 is 2.18. The summed E-state index contributed by atoms with van der Waals surface area (Å²) in [5, 5.41) is 5.56. The molecule has 0 bridgehead atoms. The molecule has 3 atom stereocenters. The first-order chi connectivity index (χ1) is 20.4. The maximum absolute atomic E-state index is 7.16. The van der Waals surface area contributed by atoms with E-state index in [1.807, 2.05) is 36.7 Å². The van der Waals surface area contributed by atoms with Crippen molar-refractivity contribution in [3.8, 4) is 0 Å². The zero-order valence-electron chi connectivity index (χ0n) is 23.2. The summed E-state index contributed by atoms with van der Waals surface area (Å²) in [5.74, 6) is -0.368. The molecule has 2 aromatic heterocycles. The lowest BCUT2D eigenvalue weighted by Gasteiger charge is -2.36. The normalized spacial score (nSPS) is 21.4. The van der Waals surface area contributed by atoms with Gasteiger partial charge in [-0.15, -0.1) is 0 Å². The smallest absolute Gasteiger partial charge is 0.165 e. The predicted molar refractivity (Wildman–Crippen MR) is 169 cm³/mol. The number of benzene rings is 3. The van der Waals surface area contributed by atoms with Crippen molar-refractivity contribution >= 4 is 39.4 Å². The van der Waals surface area contributed by atoms with E-state index < -0.39 is 11.4 Å². The van der Waals surface area contributed by atoms with Crippen molar-refractivity contribution in [3.05, 3.63) is 129 Å². The Hall–Kier alpha value is -3.64. The van der Waals surface area contributed by atoms with E-state index in [4.69, 9.17) is 25.0 Å². The molecular weight excluding hydrogens is 641 g/mol. The number of hydrogen-bond donors (Lipinski definition) is 1. The van der Waals surface area contributed by atoms with Gasteiger partial charge in [-0.1, -0.05) is 97.1 Å². The lowest BCUT2D eigenvalue weighted by Crippen LogP contribution is -2.35. The largest absolute Gasteiger partial charge is 0.383 e. The summed E-state index contributed by atoms with van der Waals surface area (Å²) in [6.07, 6.45) is 2.99. The van der Waals surface area contributed by atoms with Crippen LogP contribution in [0.15, 0.2) is 109 Å². The Morgan fingerprint density at radius 3 is 2.02 bits per heavy atom. The van der Waals surface area contributed by atoms with E-state index in [-0.39, 0.29) is 18.2 Å². The Balaban J connectivity index is 1.34. The second-order valence-electron chi connectivity index (χ2n) is 11.0. The van der Waals surface area contributed by atoms with Crippen LogP contribution in [0.25, 0.3) is 11.0 Å². The van der Waals surface area contributed by atoms with E-state index in [9.17, 15) is 0 Å². The highest BCUT2D eigenvalue weighted by Gasteiger charge is 2.52. The summed E-state index contributed by atoms with van der Waals surface area (Å²) < 4.78 is 22.8. The average Bonchev–Trinajstić information content (AvgIpc) is 3.63. The topological polar surface area (TPSA) is 97.3 Å². The fraction of sp³-hybridized carbons (Fsp3) is 0.242. The van der Waals surface area contributed by atoms with Gasteiger partial charge < -0.3 is 19.9 Å². The van der Waals surface area contributed by atoms with Crippen molar-refractivity contribution < 1.29 is 14.2 Å². The maximum Gasteiger partial charge on any atom is 0.165 e. The van der Waals surface area contributed by atoms with E-state index in [1.165, 1.54) is 6.33 Å². The van der Waals surface area contributed by atoms with Gasteiger partial charge in [-0.2, -0.15) is 5.10 Å². The summed E-state index contributed by atoms with van der Waals surface area (Å²) in [7, 11) is 0. The van der Waals surface area contributed by atoms with E-state index in [2.05, 4.69) is 111 Å². The first-order valence-corrected chi connectivity index (χ1v) is 15.0. The molecular formula is C33H30IN5O3. The van der Waals surface area contributed by atoms with Gasteiger partial charge in [0.05, 0.1) is 12.0 Å². The first-order valence-electron chi connectivity index (χ1n) is 13.9. The molecule has 0 amide bonds. The third-order valence-electron chi connectivity index (χ3n) is 7.97. The van der Waals surface area contributed by atoms with Crippen LogP contribution in [0.3, 0.4) is 0 Å². The zero-order valence-corrected chi connectivity index (χ0v) is 25.4. The van der Waals surface area contributed by atoms with E-state index in [1.54, 1.807) is 0 Å².